The van der Waals surface area contributed by atoms with Crippen molar-refractivity contribution in [2.24, 2.45) is 17.1 Å². The van der Waals surface area contributed by atoms with Crippen LogP contribution in [0.1, 0.15) is 31.2 Å². The van der Waals surface area contributed by atoms with E-state index in [-0.39, 0.29) is 36.1 Å². The molecule has 2 aromatic carbocycles. The normalized spacial score (nSPS) is 15.5. The van der Waals surface area contributed by atoms with Crippen molar-refractivity contribution < 1.29 is 27.9 Å². The van der Waals surface area contributed by atoms with E-state index in [4.69, 9.17) is 10.5 Å². The van der Waals surface area contributed by atoms with E-state index in [9.17, 15) is 18.8 Å². The van der Waals surface area contributed by atoms with Crippen LogP contribution >= 0.6 is 0 Å². The Balaban J connectivity index is 1.28. The van der Waals surface area contributed by atoms with Gasteiger partial charge in [-0.15, -0.1) is 0 Å². The fourth-order valence-electron chi connectivity index (χ4n) is 4.64. The Morgan fingerprint density at radius 2 is 1.85 bits per heavy atom. The van der Waals surface area contributed by atoms with Gasteiger partial charge in [0.2, 0.25) is 17.7 Å². The van der Waals surface area contributed by atoms with Gasteiger partial charge in [-0.2, -0.15) is 0 Å². The van der Waals surface area contributed by atoms with Gasteiger partial charge >= 0.3 is 0 Å². The number of aromatic nitrogens is 2. The molecule has 40 heavy (non-hydrogen) atoms. The first-order valence-electron chi connectivity index (χ1n) is 12.8. The Hall–Kier alpha value is -4.80. The molecule has 0 aliphatic heterocycles. The van der Waals surface area contributed by atoms with Crippen LogP contribution in [0.2, 0.25) is 0 Å². The van der Waals surface area contributed by atoms with Crippen molar-refractivity contribution in [2.45, 2.75) is 32.6 Å². The molecule has 2 aliphatic carbocycles. The third-order valence-corrected chi connectivity index (χ3v) is 7.26. The van der Waals surface area contributed by atoms with Crippen LogP contribution in [0.25, 0.3) is 5.65 Å². The highest BCUT2D eigenvalue weighted by molar-refractivity contribution is 6.16. The zero-order valence-corrected chi connectivity index (χ0v) is 21.5. The number of carbonyl (C=O) groups is 3. The number of hydrogen-bond donors (Lipinski definition) is 2. The molecule has 0 unspecified atom stereocenters. The lowest BCUT2D eigenvalue weighted by Gasteiger charge is -2.28. The van der Waals surface area contributed by atoms with Crippen LogP contribution in [0, 0.1) is 29.9 Å². The first kappa shape index (κ1) is 25.5. The first-order chi connectivity index (χ1) is 19.1. The van der Waals surface area contributed by atoms with Crippen molar-refractivity contribution in [3.05, 3.63) is 78.1 Å². The Kier molecular flexibility index (Phi) is 6.01. The zero-order valence-electron chi connectivity index (χ0n) is 21.5. The number of carbonyl (C=O) groups excluding carboxylic acids is 3. The summed E-state index contributed by atoms with van der Waals surface area (Å²) in [5.41, 5.74) is 5.60. The lowest BCUT2D eigenvalue weighted by Crippen LogP contribution is -2.41. The second-order valence-corrected chi connectivity index (χ2v) is 10.3. The van der Waals surface area contributed by atoms with Gasteiger partial charge in [0, 0.05) is 12.0 Å². The number of nitrogens with two attached hydrogens (primary N) is 1. The van der Waals surface area contributed by atoms with E-state index in [1.54, 1.807) is 35.9 Å². The van der Waals surface area contributed by atoms with Crippen molar-refractivity contribution in [3.8, 4) is 11.5 Å². The minimum absolute atomic E-state index is 0.0402. The van der Waals surface area contributed by atoms with Crippen LogP contribution in [0.3, 0.4) is 0 Å². The molecule has 2 aliphatic rings. The number of nitrogens with one attached hydrogen (secondary N) is 1. The number of primary amides is 1. The summed E-state index contributed by atoms with van der Waals surface area (Å²) in [5, 5.41) is 2.79. The summed E-state index contributed by atoms with van der Waals surface area (Å²) in [5.74, 6) is -2.02. The maximum Gasteiger partial charge on any atom is 0.247 e. The number of pyridine rings is 1. The fraction of sp³-hybridized carbons (Fsp3) is 0.241. The van der Waals surface area contributed by atoms with Crippen molar-refractivity contribution >= 4 is 40.6 Å². The van der Waals surface area contributed by atoms with Gasteiger partial charge in [-0.1, -0.05) is 0 Å². The monoisotopic (exact) mass is 545 g/mol. The summed E-state index contributed by atoms with van der Waals surface area (Å²) < 4.78 is 36.6. The topological polar surface area (TPSA) is 119 Å². The molecule has 3 N–H and O–H groups in total. The molecule has 0 radical (unpaired) electrons. The molecule has 0 spiro atoms. The lowest BCUT2D eigenvalue weighted by molar-refractivity contribution is -0.133. The van der Waals surface area contributed by atoms with Gasteiger partial charge in [-0.25, -0.2) is 13.8 Å². The van der Waals surface area contributed by atoms with Crippen molar-refractivity contribution in [1.29, 1.82) is 0 Å². The number of hydrogen-bond acceptors (Lipinski definition) is 5. The third kappa shape index (κ3) is 4.63. The SMILES string of the molecule is Cc1cc(F)ccc1N(C(=O)C1(C(N)=O)CC1)c1ccc(Oc2ccc3nc(NC(=O)C4CC4)cn3c2)c(F)c1. The predicted molar refractivity (Wildman–Crippen MR) is 142 cm³/mol. The minimum atomic E-state index is -1.39. The van der Waals surface area contributed by atoms with Gasteiger partial charge in [0.05, 0.1) is 23.8 Å². The lowest BCUT2D eigenvalue weighted by atomic mass is 10.0. The van der Waals surface area contributed by atoms with Gasteiger partial charge < -0.3 is 20.2 Å². The number of benzene rings is 2. The van der Waals surface area contributed by atoms with E-state index in [0.29, 0.717) is 28.5 Å². The number of amides is 3. The van der Waals surface area contributed by atoms with Gasteiger partial charge in [0.15, 0.2) is 17.4 Å². The molecular formula is C29H25F2N5O4. The average molecular weight is 546 g/mol. The molecule has 2 aromatic heterocycles. The molecular weight excluding hydrogens is 520 g/mol. The van der Waals surface area contributed by atoms with Gasteiger partial charge in [-0.05, 0) is 80.6 Å². The van der Waals surface area contributed by atoms with E-state index in [1.165, 1.54) is 35.2 Å². The van der Waals surface area contributed by atoms with Crippen LogP contribution in [0.4, 0.5) is 26.0 Å². The molecule has 2 saturated carbocycles. The van der Waals surface area contributed by atoms with Gasteiger partial charge in [0.25, 0.3) is 0 Å². The van der Waals surface area contributed by atoms with Crippen molar-refractivity contribution in [2.75, 3.05) is 10.2 Å². The molecule has 3 amide bonds. The molecule has 4 aromatic rings. The van der Waals surface area contributed by atoms with Crippen LogP contribution in [0.5, 0.6) is 11.5 Å². The van der Waals surface area contributed by atoms with Crippen LogP contribution in [0.15, 0.2) is 60.9 Å². The minimum Gasteiger partial charge on any atom is -0.453 e. The Morgan fingerprint density at radius 1 is 1.07 bits per heavy atom. The van der Waals surface area contributed by atoms with Crippen LogP contribution in [-0.2, 0) is 14.4 Å². The standard InChI is InChI=1S/C29H25F2N5O4/c1-16-12-18(30)4-7-22(16)36(28(39)29(10-11-29)27(32)38)19-5-8-23(21(31)13-19)40-20-6-9-25-33-24(15-35(25)14-20)34-26(37)17-2-3-17/h4-9,12-15,17H,2-3,10-11H2,1H3,(H2,32,38)(H,34,37). The molecule has 0 atom stereocenters. The Morgan fingerprint density at radius 3 is 2.50 bits per heavy atom. The van der Waals surface area contributed by atoms with Crippen LogP contribution in [-0.4, -0.2) is 27.1 Å². The highest BCUT2D eigenvalue weighted by Crippen LogP contribution is 2.49. The van der Waals surface area contributed by atoms with E-state index < -0.39 is 28.9 Å². The summed E-state index contributed by atoms with van der Waals surface area (Å²) in [6.07, 6.45) is 5.56. The molecule has 6 rings (SSSR count). The smallest absolute Gasteiger partial charge is 0.247 e. The largest absolute Gasteiger partial charge is 0.453 e. The molecule has 11 heteroatoms. The number of imidazole rings is 1. The summed E-state index contributed by atoms with van der Waals surface area (Å²) in [4.78, 5) is 43.3. The fourth-order valence-corrected chi connectivity index (χ4v) is 4.64. The quantitative estimate of drug-likeness (QED) is 0.302. The highest BCUT2D eigenvalue weighted by atomic mass is 19.1. The summed E-state index contributed by atoms with van der Waals surface area (Å²) in [7, 11) is 0. The van der Waals surface area contributed by atoms with E-state index in [1.807, 2.05) is 0 Å². The van der Waals surface area contributed by atoms with E-state index in [2.05, 4.69) is 10.3 Å². The average Bonchev–Trinajstić information content (AvgIpc) is 3.83. The molecule has 9 nitrogen and oxygen atoms in total. The number of nitrogens with zero attached hydrogens (tertiary/aromatic N) is 3. The Labute approximate surface area is 227 Å². The number of anilines is 3. The molecule has 2 heterocycles. The first-order valence-corrected chi connectivity index (χ1v) is 12.8. The third-order valence-electron chi connectivity index (χ3n) is 7.26. The maximum absolute atomic E-state index is 15.4. The van der Waals surface area contributed by atoms with E-state index >= 15 is 4.39 Å². The Bertz CT molecular complexity index is 1690. The van der Waals surface area contributed by atoms with Gasteiger partial charge in [-0.3, -0.25) is 19.3 Å². The number of aryl methyl sites for hydroxylation is 1. The second-order valence-electron chi connectivity index (χ2n) is 10.3. The number of ether oxygens (including phenoxy) is 1. The molecule has 0 saturated heterocycles. The van der Waals surface area contributed by atoms with Crippen molar-refractivity contribution in [1.82, 2.24) is 9.38 Å². The molecule has 2 fully saturated rings. The van der Waals surface area contributed by atoms with E-state index in [0.717, 1.165) is 18.9 Å². The van der Waals surface area contributed by atoms with Crippen molar-refractivity contribution in [3.63, 3.8) is 0 Å². The number of fused-ring (bicyclic) bond motifs is 1. The summed E-state index contributed by atoms with van der Waals surface area (Å²) in [6.45, 7) is 1.62. The maximum atomic E-state index is 15.4. The summed E-state index contributed by atoms with van der Waals surface area (Å²) in [6, 6.07) is 11.1. The highest BCUT2D eigenvalue weighted by Gasteiger charge is 2.57. The van der Waals surface area contributed by atoms with Crippen LogP contribution < -0.4 is 20.7 Å². The zero-order chi connectivity index (χ0) is 28.2. The van der Waals surface area contributed by atoms with Gasteiger partial charge in [0.1, 0.15) is 22.6 Å². The molecule has 204 valence electrons. The molecule has 0 bridgehead atoms. The predicted octanol–water partition coefficient (Wildman–Crippen LogP) is 4.99. The summed E-state index contributed by atoms with van der Waals surface area (Å²) >= 11 is 0. The number of halogens is 2. The second kappa shape index (κ2) is 9.44. The number of rotatable bonds is 8.